The van der Waals surface area contributed by atoms with Crippen LogP contribution in [-0.4, -0.2) is 14.5 Å². The van der Waals surface area contributed by atoms with E-state index < -0.39 is 0 Å². The molecule has 0 spiro atoms. The molecule has 0 aromatic carbocycles. The van der Waals surface area contributed by atoms with Crippen molar-refractivity contribution in [2.45, 2.75) is 13.5 Å². The summed E-state index contributed by atoms with van der Waals surface area (Å²) in [4.78, 5) is 8.30. The van der Waals surface area contributed by atoms with E-state index in [4.69, 9.17) is 5.73 Å². The molecule has 0 saturated carbocycles. The second kappa shape index (κ2) is 3.49. The number of hydrogen-bond acceptors (Lipinski definition) is 3. The summed E-state index contributed by atoms with van der Waals surface area (Å²) in [5, 5.41) is 0. The van der Waals surface area contributed by atoms with Crippen molar-refractivity contribution in [3.8, 4) is 11.4 Å². The normalized spacial score (nSPS) is 10.4. The molecule has 2 N–H and O–H groups in total. The van der Waals surface area contributed by atoms with Crippen molar-refractivity contribution >= 4 is 5.82 Å². The maximum atomic E-state index is 5.51. The number of nitrogens with two attached hydrogens (primary N) is 1. The number of hydrogen-bond donors (Lipinski definition) is 1. The van der Waals surface area contributed by atoms with Gasteiger partial charge in [0, 0.05) is 30.7 Å². The van der Waals surface area contributed by atoms with Crippen LogP contribution in [0, 0.1) is 0 Å². The third-order valence-electron chi connectivity index (χ3n) is 2.10. The lowest BCUT2D eigenvalue weighted by molar-refractivity contribution is 0.770. The summed E-state index contributed by atoms with van der Waals surface area (Å²) < 4.78 is 2.06. The number of aromatic nitrogens is 3. The van der Waals surface area contributed by atoms with Crippen molar-refractivity contribution < 1.29 is 0 Å². The number of rotatable bonds is 2. The van der Waals surface area contributed by atoms with Gasteiger partial charge in [-0.15, -0.1) is 0 Å². The van der Waals surface area contributed by atoms with Gasteiger partial charge in [-0.2, -0.15) is 0 Å². The number of nitrogen functional groups attached to an aromatic ring is 1. The van der Waals surface area contributed by atoms with Gasteiger partial charge in [-0.25, -0.2) is 9.97 Å². The fourth-order valence-corrected chi connectivity index (χ4v) is 1.36. The minimum absolute atomic E-state index is 0.531. The molecule has 0 saturated heterocycles. The second-order valence-corrected chi connectivity index (χ2v) is 3.01. The first kappa shape index (κ1) is 8.74. The highest BCUT2D eigenvalue weighted by atomic mass is 15.1. The van der Waals surface area contributed by atoms with Gasteiger partial charge in [0.25, 0.3) is 0 Å². The van der Waals surface area contributed by atoms with Crippen LogP contribution in [0.1, 0.15) is 6.92 Å². The molecule has 2 heterocycles. The van der Waals surface area contributed by atoms with Crippen LogP contribution in [0.3, 0.4) is 0 Å². The average molecular weight is 188 g/mol. The smallest absolute Gasteiger partial charge is 0.141 e. The Morgan fingerprint density at radius 2 is 2.21 bits per heavy atom. The molecule has 4 heteroatoms. The van der Waals surface area contributed by atoms with Crippen molar-refractivity contribution in [2.24, 2.45) is 0 Å². The molecule has 0 fully saturated rings. The topological polar surface area (TPSA) is 56.7 Å². The van der Waals surface area contributed by atoms with E-state index in [0.29, 0.717) is 5.82 Å². The minimum Gasteiger partial charge on any atom is -0.384 e. The predicted octanol–water partition coefficient (Wildman–Crippen LogP) is 1.55. The second-order valence-electron chi connectivity index (χ2n) is 3.01. The summed E-state index contributed by atoms with van der Waals surface area (Å²) in [7, 11) is 0. The number of imidazole rings is 1. The van der Waals surface area contributed by atoms with E-state index in [9.17, 15) is 0 Å². The summed E-state index contributed by atoms with van der Waals surface area (Å²) >= 11 is 0. The molecule has 2 aromatic rings. The highest BCUT2D eigenvalue weighted by molar-refractivity contribution is 5.55. The first-order chi connectivity index (χ1) is 6.81. The largest absolute Gasteiger partial charge is 0.384 e. The van der Waals surface area contributed by atoms with E-state index in [1.54, 1.807) is 18.5 Å². The van der Waals surface area contributed by atoms with Gasteiger partial charge in [-0.1, -0.05) is 0 Å². The number of aryl methyl sites for hydroxylation is 1. The standard InChI is InChI=1S/C10H12N4/c1-2-14-6-5-12-10(14)8-3-4-9(11)13-7-8/h3-7H,2H2,1H3,(H2,11,13). The van der Waals surface area contributed by atoms with Gasteiger partial charge in [0.2, 0.25) is 0 Å². The monoisotopic (exact) mass is 188 g/mol. The fraction of sp³-hybridized carbons (Fsp3) is 0.200. The van der Waals surface area contributed by atoms with Crippen LogP contribution in [0.15, 0.2) is 30.7 Å². The van der Waals surface area contributed by atoms with Crippen LogP contribution < -0.4 is 5.73 Å². The van der Waals surface area contributed by atoms with Crippen LogP contribution in [-0.2, 0) is 6.54 Å². The molecule has 0 aliphatic rings. The number of anilines is 1. The van der Waals surface area contributed by atoms with Gasteiger partial charge in [0.05, 0.1) is 0 Å². The van der Waals surface area contributed by atoms with Gasteiger partial charge in [-0.3, -0.25) is 0 Å². The van der Waals surface area contributed by atoms with E-state index in [1.807, 2.05) is 12.3 Å². The molecule has 0 aliphatic heterocycles. The molecule has 0 atom stereocenters. The average Bonchev–Trinajstić information content (AvgIpc) is 2.67. The van der Waals surface area contributed by atoms with Crippen LogP contribution in [0.2, 0.25) is 0 Å². The van der Waals surface area contributed by atoms with Gasteiger partial charge < -0.3 is 10.3 Å². The van der Waals surface area contributed by atoms with Crippen molar-refractivity contribution in [2.75, 3.05) is 5.73 Å². The van der Waals surface area contributed by atoms with Gasteiger partial charge in [-0.05, 0) is 19.1 Å². The maximum absolute atomic E-state index is 5.51. The maximum Gasteiger partial charge on any atom is 0.141 e. The van der Waals surface area contributed by atoms with Crippen LogP contribution in [0.5, 0.6) is 0 Å². The minimum atomic E-state index is 0.531. The van der Waals surface area contributed by atoms with E-state index in [1.165, 1.54) is 0 Å². The third kappa shape index (κ3) is 1.46. The Labute approximate surface area is 82.4 Å². The van der Waals surface area contributed by atoms with E-state index >= 15 is 0 Å². The lowest BCUT2D eigenvalue weighted by Gasteiger charge is -2.03. The zero-order chi connectivity index (χ0) is 9.97. The number of nitrogens with zero attached hydrogens (tertiary/aromatic N) is 3. The van der Waals surface area contributed by atoms with Crippen molar-refractivity contribution in [3.05, 3.63) is 30.7 Å². The Morgan fingerprint density at radius 3 is 2.86 bits per heavy atom. The van der Waals surface area contributed by atoms with Crippen LogP contribution in [0.25, 0.3) is 11.4 Å². The Kier molecular flexibility index (Phi) is 2.18. The first-order valence-corrected chi connectivity index (χ1v) is 4.54. The molecule has 0 amide bonds. The lowest BCUT2D eigenvalue weighted by atomic mass is 10.2. The van der Waals surface area contributed by atoms with E-state index in [-0.39, 0.29) is 0 Å². The molecular weight excluding hydrogens is 176 g/mol. The molecule has 2 aromatic heterocycles. The highest BCUT2D eigenvalue weighted by Crippen LogP contribution is 2.16. The Balaban J connectivity index is 2.44. The summed E-state index contributed by atoms with van der Waals surface area (Å²) in [6, 6.07) is 3.71. The SMILES string of the molecule is CCn1ccnc1-c1ccc(N)nc1. The molecule has 14 heavy (non-hydrogen) atoms. The van der Waals surface area contributed by atoms with Crippen LogP contribution >= 0.6 is 0 Å². The molecule has 72 valence electrons. The summed E-state index contributed by atoms with van der Waals surface area (Å²) in [6.07, 6.45) is 5.48. The molecule has 4 nitrogen and oxygen atoms in total. The van der Waals surface area contributed by atoms with Crippen molar-refractivity contribution in [1.82, 2.24) is 14.5 Å². The van der Waals surface area contributed by atoms with Gasteiger partial charge in [0.15, 0.2) is 0 Å². The van der Waals surface area contributed by atoms with E-state index in [2.05, 4.69) is 21.5 Å². The predicted molar refractivity (Wildman–Crippen MR) is 55.5 cm³/mol. The Bertz CT molecular complexity index is 416. The van der Waals surface area contributed by atoms with Crippen molar-refractivity contribution in [1.29, 1.82) is 0 Å². The molecular formula is C10H12N4. The Morgan fingerprint density at radius 1 is 1.36 bits per heavy atom. The molecule has 0 bridgehead atoms. The third-order valence-corrected chi connectivity index (χ3v) is 2.10. The van der Waals surface area contributed by atoms with E-state index in [0.717, 1.165) is 17.9 Å². The summed E-state index contributed by atoms with van der Waals surface area (Å²) in [5.74, 6) is 1.46. The first-order valence-electron chi connectivity index (χ1n) is 4.54. The Hall–Kier alpha value is -1.84. The lowest BCUT2D eigenvalue weighted by Crippen LogP contribution is -1.97. The molecule has 0 unspecified atom stereocenters. The van der Waals surface area contributed by atoms with Crippen molar-refractivity contribution in [3.63, 3.8) is 0 Å². The highest BCUT2D eigenvalue weighted by Gasteiger charge is 2.03. The molecule has 0 aliphatic carbocycles. The zero-order valence-corrected chi connectivity index (χ0v) is 8.01. The quantitative estimate of drug-likeness (QED) is 0.777. The number of pyridine rings is 1. The zero-order valence-electron chi connectivity index (χ0n) is 8.01. The summed E-state index contributed by atoms with van der Waals surface area (Å²) in [6.45, 7) is 2.98. The van der Waals surface area contributed by atoms with Gasteiger partial charge in [0.1, 0.15) is 11.6 Å². The summed E-state index contributed by atoms with van der Waals surface area (Å²) in [5.41, 5.74) is 6.50. The van der Waals surface area contributed by atoms with Crippen LogP contribution in [0.4, 0.5) is 5.82 Å². The molecule has 0 radical (unpaired) electrons. The van der Waals surface area contributed by atoms with Gasteiger partial charge >= 0.3 is 0 Å². The fourth-order valence-electron chi connectivity index (χ4n) is 1.36. The molecule has 2 rings (SSSR count).